The lowest BCUT2D eigenvalue weighted by Crippen LogP contribution is -2.39. The van der Waals surface area contributed by atoms with Gasteiger partial charge in [0.2, 0.25) is 0 Å². The molecule has 1 aliphatic rings. The number of aryl methyl sites for hydroxylation is 1. The molecule has 0 N–H and O–H groups in total. The Balaban J connectivity index is 1.61. The summed E-state index contributed by atoms with van der Waals surface area (Å²) in [5.74, 6) is 1.21. The van der Waals surface area contributed by atoms with E-state index in [9.17, 15) is 4.79 Å². The smallest absolute Gasteiger partial charge is 0.253 e. The second-order valence-corrected chi connectivity index (χ2v) is 7.05. The van der Waals surface area contributed by atoms with Crippen molar-refractivity contribution < 1.29 is 9.53 Å². The Bertz CT molecular complexity index is 972. The van der Waals surface area contributed by atoms with E-state index in [2.05, 4.69) is 18.0 Å². The second-order valence-electron chi connectivity index (χ2n) is 7.05. The first-order valence-corrected chi connectivity index (χ1v) is 9.30. The van der Waals surface area contributed by atoms with E-state index < -0.39 is 0 Å². The Kier molecular flexibility index (Phi) is 4.75. The van der Waals surface area contributed by atoms with E-state index in [-0.39, 0.29) is 11.8 Å². The number of ether oxygens (including phenoxy) is 1. The van der Waals surface area contributed by atoms with E-state index >= 15 is 0 Å². The topological polar surface area (TPSA) is 55.3 Å². The number of carbonyl (C=O) groups excluding carboxylic acids is 1. The van der Waals surface area contributed by atoms with Gasteiger partial charge < -0.3 is 9.64 Å². The Labute approximate surface area is 159 Å². The SMILES string of the molecule is COc1ccc2cnc([C@H]3CCCN(C(=O)c4ccncc4)C3)cc2c1C. The van der Waals surface area contributed by atoms with Gasteiger partial charge in [-0.3, -0.25) is 14.8 Å². The fourth-order valence-electron chi connectivity index (χ4n) is 3.89. The predicted octanol–water partition coefficient (Wildman–Crippen LogP) is 3.97. The van der Waals surface area contributed by atoms with Crippen LogP contribution in [0.5, 0.6) is 5.75 Å². The molecule has 27 heavy (non-hydrogen) atoms. The lowest BCUT2D eigenvalue weighted by Gasteiger charge is -2.32. The number of methoxy groups -OCH3 is 1. The van der Waals surface area contributed by atoms with E-state index in [1.165, 1.54) is 0 Å². The molecule has 1 aliphatic heterocycles. The molecule has 2 aromatic heterocycles. The molecular weight excluding hydrogens is 338 g/mol. The van der Waals surface area contributed by atoms with Gasteiger partial charge in [-0.2, -0.15) is 0 Å². The summed E-state index contributed by atoms with van der Waals surface area (Å²) in [4.78, 5) is 23.4. The molecule has 3 heterocycles. The number of likely N-dealkylation sites (tertiary alicyclic amines) is 1. The van der Waals surface area contributed by atoms with Crippen molar-refractivity contribution in [2.24, 2.45) is 0 Å². The molecule has 1 saturated heterocycles. The summed E-state index contributed by atoms with van der Waals surface area (Å²) in [6, 6.07) is 9.73. The maximum atomic E-state index is 12.8. The van der Waals surface area contributed by atoms with Crippen molar-refractivity contribution in [1.29, 1.82) is 0 Å². The second kappa shape index (κ2) is 7.35. The molecule has 3 aromatic rings. The molecular formula is C22H23N3O2. The van der Waals surface area contributed by atoms with E-state index in [1.807, 2.05) is 23.2 Å². The van der Waals surface area contributed by atoms with Gasteiger partial charge in [-0.25, -0.2) is 0 Å². The van der Waals surface area contributed by atoms with Gasteiger partial charge in [0, 0.05) is 54.2 Å². The lowest BCUT2D eigenvalue weighted by molar-refractivity contribution is 0.0706. The van der Waals surface area contributed by atoms with Crippen LogP contribution in [0.1, 0.15) is 40.4 Å². The van der Waals surface area contributed by atoms with Gasteiger partial charge in [0.05, 0.1) is 7.11 Å². The molecule has 1 atom stereocenters. The van der Waals surface area contributed by atoms with Crippen LogP contribution < -0.4 is 4.74 Å². The van der Waals surface area contributed by atoms with Crippen LogP contribution in [-0.4, -0.2) is 41.0 Å². The molecule has 1 amide bonds. The normalized spacial score (nSPS) is 17.1. The zero-order chi connectivity index (χ0) is 18.8. The Morgan fingerprint density at radius 1 is 1.22 bits per heavy atom. The molecule has 1 fully saturated rings. The molecule has 0 saturated carbocycles. The third-order valence-corrected chi connectivity index (χ3v) is 5.42. The van der Waals surface area contributed by atoms with Crippen LogP contribution in [0.25, 0.3) is 10.8 Å². The Morgan fingerprint density at radius 2 is 2.04 bits per heavy atom. The quantitative estimate of drug-likeness (QED) is 0.708. The molecule has 4 rings (SSSR count). The molecule has 5 heteroatoms. The average Bonchev–Trinajstić information content (AvgIpc) is 2.74. The molecule has 0 unspecified atom stereocenters. The van der Waals surface area contributed by atoms with Crippen LogP contribution in [0.15, 0.2) is 48.9 Å². The number of fused-ring (bicyclic) bond motifs is 1. The number of aromatic nitrogens is 2. The maximum Gasteiger partial charge on any atom is 0.253 e. The summed E-state index contributed by atoms with van der Waals surface area (Å²) in [6.45, 7) is 3.56. The van der Waals surface area contributed by atoms with Crippen molar-refractivity contribution in [2.45, 2.75) is 25.7 Å². The summed E-state index contributed by atoms with van der Waals surface area (Å²) < 4.78 is 5.46. The number of hydrogen-bond acceptors (Lipinski definition) is 4. The van der Waals surface area contributed by atoms with Gasteiger partial charge in [0.25, 0.3) is 5.91 Å². The molecule has 0 aliphatic carbocycles. The van der Waals surface area contributed by atoms with Gasteiger partial charge >= 0.3 is 0 Å². The van der Waals surface area contributed by atoms with Crippen molar-refractivity contribution in [1.82, 2.24) is 14.9 Å². The highest BCUT2D eigenvalue weighted by Gasteiger charge is 2.26. The lowest BCUT2D eigenvalue weighted by atomic mass is 9.92. The van der Waals surface area contributed by atoms with Crippen LogP contribution in [-0.2, 0) is 0 Å². The molecule has 0 bridgehead atoms. The van der Waals surface area contributed by atoms with E-state index in [1.54, 1.807) is 31.6 Å². The molecule has 138 valence electrons. The highest BCUT2D eigenvalue weighted by molar-refractivity contribution is 5.94. The van der Waals surface area contributed by atoms with E-state index in [4.69, 9.17) is 9.72 Å². The molecule has 5 nitrogen and oxygen atoms in total. The molecule has 1 aromatic carbocycles. The number of pyridine rings is 2. The summed E-state index contributed by atoms with van der Waals surface area (Å²) in [7, 11) is 1.69. The first-order valence-electron chi connectivity index (χ1n) is 9.30. The van der Waals surface area contributed by atoms with Crippen molar-refractivity contribution in [3.63, 3.8) is 0 Å². The third kappa shape index (κ3) is 3.37. The number of hydrogen-bond donors (Lipinski definition) is 0. The molecule has 0 radical (unpaired) electrons. The largest absolute Gasteiger partial charge is 0.496 e. The Hall–Kier alpha value is -2.95. The van der Waals surface area contributed by atoms with Gasteiger partial charge in [-0.1, -0.05) is 0 Å². The standard InChI is InChI=1S/C22H23N3O2/c1-15-19-12-20(24-13-17(19)5-6-21(15)27-2)18-4-3-11-25(14-18)22(26)16-7-9-23-10-8-16/h5-10,12-13,18H,3-4,11,14H2,1-2H3/t18-/m0/s1. The minimum absolute atomic E-state index is 0.0701. The van der Waals surface area contributed by atoms with Crippen molar-refractivity contribution >= 4 is 16.7 Å². The van der Waals surface area contributed by atoms with Gasteiger partial charge in [0.15, 0.2) is 0 Å². The summed E-state index contributed by atoms with van der Waals surface area (Å²) in [5.41, 5.74) is 2.86. The van der Waals surface area contributed by atoms with Crippen LogP contribution in [0.2, 0.25) is 0 Å². The van der Waals surface area contributed by atoms with Crippen LogP contribution >= 0.6 is 0 Å². The number of rotatable bonds is 3. The summed E-state index contributed by atoms with van der Waals surface area (Å²) in [6.07, 6.45) is 7.28. The fraction of sp³-hybridized carbons (Fsp3) is 0.318. The number of amides is 1. The highest BCUT2D eigenvalue weighted by Crippen LogP contribution is 2.31. The third-order valence-electron chi connectivity index (χ3n) is 5.42. The average molecular weight is 361 g/mol. The monoisotopic (exact) mass is 361 g/mol. The number of carbonyl (C=O) groups is 1. The van der Waals surface area contributed by atoms with E-state index in [0.717, 1.165) is 47.2 Å². The van der Waals surface area contributed by atoms with Crippen LogP contribution in [0.4, 0.5) is 0 Å². The van der Waals surface area contributed by atoms with E-state index in [0.29, 0.717) is 12.1 Å². The first kappa shape index (κ1) is 17.5. The minimum atomic E-state index is 0.0701. The first-order chi connectivity index (χ1) is 13.2. The summed E-state index contributed by atoms with van der Waals surface area (Å²) >= 11 is 0. The Morgan fingerprint density at radius 3 is 2.81 bits per heavy atom. The minimum Gasteiger partial charge on any atom is -0.496 e. The zero-order valence-corrected chi connectivity index (χ0v) is 15.7. The van der Waals surface area contributed by atoms with Crippen molar-refractivity contribution in [2.75, 3.05) is 20.2 Å². The molecule has 0 spiro atoms. The maximum absolute atomic E-state index is 12.8. The fourth-order valence-corrected chi connectivity index (χ4v) is 3.89. The van der Waals surface area contributed by atoms with Gasteiger partial charge in [-0.05, 0) is 61.0 Å². The predicted molar refractivity (Wildman–Crippen MR) is 105 cm³/mol. The van der Waals surface area contributed by atoms with Crippen molar-refractivity contribution in [3.05, 3.63) is 65.7 Å². The zero-order valence-electron chi connectivity index (χ0n) is 15.7. The number of piperidine rings is 1. The number of benzene rings is 1. The van der Waals surface area contributed by atoms with Gasteiger partial charge in [0.1, 0.15) is 5.75 Å². The van der Waals surface area contributed by atoms with Crippen LogP contribution in [0, 0.1) is 6.92 Å². The summed E-state index contributed by atoms with van der Waals surface area (Å²) in [5, 5.41) is 2.27. The number of nitrogens with zero attached hydrogens (tertiary/aromatic N) is 3. The highest BCUT2D eigenvalue weighted by atomic mass is 16.5. The van der Waals surface area contributed by atoms with Crippen molar-refractivity contribution in [3.8, 4) is 5.75 Å². The van der Waals surface area contributed by atoms with Crippen LogP contribution in [0.3, 0.4) is 0 Å². The van der Waals surface area contributed by atoms with Gasteiger partial charge in [-0.15, -0.1) is 0 Å².